The zero-order chi connectivity index (χ0) is 21.8. The minimum Gasteiger partial charge on any atom is -0.497 e. The second-order valence-corrected chi connectivity index (χ2v) is 7.46. The fourth-order valence-corrected chi connectivity index (χ4v) is 3.48. The number of ether oxygens (including phenoxy) is 3. The van der Waals surface area contributed by atoms with Gasteiger partial charge in [0.1, 0.15) is 24.1 Å². The van der Waals surface area contributed by atoms with Gasteiger partial charge in [0.15, 0.2) is 0 Å². The topological polar surface area (TPSA) is 82.1 Å². The third-order valence-corrected chi connectivity index (χ3v) is 4.96. The molecule has 7 nitrogen and oxygen atoms in total. The molecule has 3 rings (SSSR count). The van der Waals surface area contributed by atoms with Crippen molar-refractivity contribution in [1.29, 1.82) is 0 Å². The van der Waals surface area contributed by atoms with Gasteiger partial charge in [0.05, 0.1) is 25.3 Å². The lowest BCUT2D eigenvalue weighted by molar-refractivity contribution is -0.150. The van der Waals surface area contributed by atoms with Crippen molar-refractivity contribution in [3.05, 3.63) is 59.2 Å². The molecule has 0 unspecified atom stereocenters. The van der Waals surface area contributed by atoms with Crippen molar-refractivity contribution in [1.82, 2.24) is 4.90 Å². The average Bonchev–Trinajstić information content (AvgIpc) is 3.00. The molecular formula is C23H25NO6. The predicted molar refractivity (Wildman–Crippen MR) is 110 cm³/mol. The summed E-state index contributed by atoms with van der Waals surface area (Å²) in [4.78, 5) is 39.7. The number of imide groups is 1. The van der Waals surface area contributed by atoms with E-state index in [9.17, 15) is 14.4 Å². The Morgan fingerprint density at radius 3 is 2.13 bits per heavy atom. The van der Waals surface area contributed by atoms with Crippen molar-refractivity contribution >= 4 is 17.8 Å². The van der Waals surface area contributed by atoms with E-state index in [-0.39, 0.29) is 12.5 Å². The van der Waals surface area contributed by atoms with E-state index in [1.807, 2.05) is 13.8 Å². The minimum atomic E-state index is -1.01. The summed E-state index contributed by atoms with van der Waals surface area (Å²) in [5, 5.41) is 0. The van der Waals surface area contributed by atoms with Crippen LogP contribution in [0.3, 0.4) is 0 Å². The summed E-state index contributed by atoms with van der Waals surface area (Å²) in [6.45, 7) is 3.77. The number of benzene rings is 2. The summed E-state index contributed by atoms with van der Waals surface area (Å²) in [6.07, 6.45) is 0.305. The first-order valence-corrected chi connectivity index (χ1v) is 9.71. The first-order chi connectivity index (χ1) is 14.4. The number of rotatable bonds is 8. The molecule has 2 amide bonds. The molecule has 2 aromatic rings. The fourth-order valence-electron chi connectivity index (χ4n) is 3.48. The molecule has 0 spiro atoms. The highest BCUT2D eigenvalue weighted by molar-refractivity contribution is 6.22. The number of fused-ring (bicyclic) bond motifs is 1. The number of hydrogen-bond acceptors (Lipinski definition) is 6. The molecular weight excluding hydrogens is 386 g/mol. The molecule has 0 bridgehead atoms. The van der Waals surface area contributed by atoms with Gasteiger partial charge >= 0.3 is 5.97 Å². The van der Waals surface area contributed by atoms with Gasteiger partial charge in [-0.25, -0.2) is 4.79 Å². The number of hydrogen-bond donors (Lipinski definition) is 0. The monoisotopic (exact) mass is 411 g/mol. The molecule has 0 saturated carbocycles. The maximum atomic E-state index is 13.0. The molecule has 1 aliphatic heterocycles. The molecule has 0 aliphatic carbocycles. The van der Waals surface area contributed by atoms with E-state index in [0.717, 1.165) is 4.90 Å². The van der Waals surface area contributed by atoms with E-state index in [1.54, 1.807) is 49.6 Å². The third-order valence-electron chi connectivity index (χ3n) is 4.96. The second-order valence-electron chi connectivity index (χ2n) is 7.46. The smallest absolute Gasteiger partial charge is 0.329 e. The Hall–Kier alpha value is -3.35. The SMILES string of the molecule is COc1ccc(OC)c(COC(=O)[C@H](CC(C)C)N2C(=O)c3ccccc3C2=O)c1. The normalized spacial score (nSPS) is 14.0. The van der Waals surface area contributed by atoms with E-state index in [1.165, 1.54) is 7.11 Å². The molecule has 1 atom stereocenters. The fraction of sp³-hybridized carbons (Fsp3) is 0.348. The van der Waals surface area contributed by atoms with Gasteiger partial charge in [-0.2, -0.15) is 0 Å². The van der Waals surface area contributed by atoms with E-state index >= 15 is 0 Å². The lowest BCUT2D eigenvalue weighted by atomic mass is 10.0. The van der Waals surface area contributed by atoms with Crippen molar-refractivity contribution in [2.45, 2.75) is 32.9 Å². The van der Waals surface area contributed by atoms with Gasteiger partial charge in [-0.15, -0.1) is 0 Å². The predicted octanol–water partition coefficient (Wildman–Crippen LogP) is 3.46. The quantitative estimate of drug-likeness (QED) is 0.489. The molecule has 158 valence electrons. The number of carbonyl (C=O) groups is 3. The van der Waals surface area contributed by atoms with Crippen LogP contribution in [-0.2, 0) is 16.1 Å². The van der Waals surface area contributed by atoms with Crippen LogP contribution in [0.25, 0.3) is 0 Å². The van der Waals surface area contributed by atoms with Gasteiger partial charge in [0.25, 0.3) is 11.8 Å². The van der Waals surface area contributed by atoms with Crippen LogP contribution < -0.4 is 9.47 Å². The van der Waals surface area contributed by atoms with Gasteiger partial charge in [0.2, 0.25) is 0 Å². The zero-order valence-corrected chi connectivity index (χ0v) is 17.5. The lowest BCUT2D eigenvalue weighted by Crippen LogP contribution is -2.46. The number of amides is 2. The van der Waals surface area contributed by atoms with Crippen molar-refractivity contribution in [2.24, 2.45) is 5.92 Å². The lowest BCUT2D eigenvalue weighted by Gasteiger charge is -2.26. The van der Waals surface area contributed by atoms with Crippen LogP contribution in [0.15, 0.2) is 42.5 Å². The largest absolute Gasteiger partial charge is 0.497 e. The average molecular weight is 411 g/mol. The Bertz CT molecular complexity index is 933. The summed E-state index contributed by atoms with van der Waals surface area (Å²) < 4.78 is 16.0. The van der Waals surface area contributed by atoms with Crippen molar-refractivity contribution in [2.75, 3.05) is 14.2 Å². The third kappa shape index (κ3) is 4.15. The van der Waals surface area contributed by atoms with Crippen LogP contribution in [0.4, 0.5) is 0 Å². The summed E-state index contributed by atoms with van der Waals surface area (Å²) in [7, 11) is 3.06. The summed E-state index contributed by atoms with van der Waals surface area (Å²) >= 11 is 0. The zero-order valence-electron chi connectivity index (χ0n) is 17.5. The molecule has 1 aliphatic rings. The van der Waals surface area contributed by atoms with E-state index in [4.69, 9.17) is 14.2 Å². The van der Waals surface area contributed by atoms with Crippen LogP contribution >= 0.6 is 0 Å². The Kier molecular flexibility index (Phi) is 6.40. The van der Waals surface area contributed by atoms with Gasteiger partial charge in [-0.1, -0.05) is 26.0 Å². The number of methoxy groups -OCH3 is 2. The van der Waals surface area contributed by atoms with Crippen molar-refractivity contribution < 1.29 is 28.6 Å². The molecule has 30 heavy (non-hydrogen) atoms. The van der Waals surface area contributed by atoms with Crippen LogP contribution in [0.2, 0.25) is 0 Å². The van der Waals surface area contributed by atoms with Gasteiger partial charge in [-0.05, 0) is 42.7 Å². The van der Waals surface area contributed by atoms with Gasteiger partial charge in [0, 0.05) is 5.56 Å². The van der Waals surface area contributed by atoms with E-state index < -0.39 is 23.8 Å². The van der Waals surface area contributed by atoms with Gasteiger partial charge in [-0.3, -0.25) is 14.5 Å². The van der Waals surface area contributed by atoms with Crippen LogP contribution in [0.5, 0.6) is 11.5 Å². The Labute approximate surface area is 175 Å². The molecule has 0 radical (unpaired) electrons. The highest BCUT2D eigenvalue weighted by Gasteiger charge is 2.43. The van der Waals surface area contributed by atoms with Crippen molar-refractivity contribution in [3.63, 3.8) is 0 Å². The van der Waals surface area contributed by atoms with E-state index in [2.05, 4.69) is 0 Å². The first kappa shape index (κ1) is 21.4. The standard InChI is InChI=1S/C23H25NO6/c1-14(2)11-19(24-21(25)17-7-5-6-8-18(17)22(24)26)23(27)30-13-15-12-16(28-3)9-10-20(15)29-4/h5-10,12,14,19H,11,13H2,1-4H3/t19-/m0/s1. The highest BCUT2D eigenvalue weighted by atomic mass is 16.5. The molecule has 0 fully saturated rings. The Morgan fingerprint density at radius 2 is 1.60 bits per heavy atom. The van der Waals surface area contributed by atoms with E-state index in [0.29, 0.717) is 34.6 Å². The van der Waals surface area contributed by atoms with Crippen LogP contribution in [0, 0.1) is 5.92 Å². The molecule has 0 aromatic heterocycles. The summed E-state index contributed by atoms with van der Waals surface area (Å²) in [5.41, 5.74) is 1.23. The molecule has 0 saturated heterocycles. The molecule has 2 aromatic carbocycles. The number of carbonyl (C=O) groups excluding carboxylic acids is 3. The van der Waals surface area contributed by atoms with Crippen LogP contribution in [-0.4, -0.2) is 42.9 Å². The number of nitrogens with zero attached hydrogens (tertiary/aromatic N) is 1. The molecule has 1 heterocycles. The van der Waals surface area contributed by atoms with Gasteiger partial charge < -0.3 is 14.2 Å². The summed E-state index contributed by atoms with van der Waals surface area (Å²) in [5.74, 6) is -0.374. The van der Waals surface area contributed by atoms with Crippen LogP contribution in [0.1, 0.15) is 46.5 Å². The first-order valence-electron chi connectivity index (χ1n) is 9.71. The maximum absolute atomic E-state index is 13.0. The molecule has 7 heteroatoms. The maximum Gasteiger partial charge on any atom is 0.329 e. The Morgan fingerprint density at radius 1 is 0.967 bits per heavy atom. The minimum absolute atomic E-state index is 0.0678. The number of esters is 1. The molecule has 0 N–H and O–H groups in total. The Balaban J connectivity index is 1.83. The highest BCUT2D eigenvalue weighted by Crippen LogP contribution is 2.29. The summed E-state index contributed by atoms with van der Waals surface area (Å²) in [6, 6.07) is 10.7. The van der Waals surface area contributed by atoms with Crippen molar-refractivity contribution in [3.8, 4) is 11.5 Å². The second kappa shape index (κ2) is 8.98.